The van der Waals surface area contributed by atoms with Gasteiger partial charge < -0.3 is 24.5 Å². The molecule has 0 spiro atoms. The Kier molecular flexibility index (Phi) is 7.51. The maximum absolute atomic E-state index is 5.72. The first-order chi connectivity index (χ1) is 14.3. The Morgan fingerprint density at radius 1 is 1.03 bits per heavy atom. The minimum absolute atomic E-state index is 0.526. The summed E-state index contributed by atoms with van der Waals surface area (Å²) >= 11 is 0. The Balaban J connectivity index is 1.36. The predicted molar refractivity (Wildman–Crippen MR) is 113 cm³/mol. The summed E-state index contributed by atoms with van der Waals surface area (Å²) in [5, 5.41) is 6.50. The molecule has 0 unspecified atom stereocenters. The molecule has 7 nitrogen and oxygen atoms in total. The van der Waals surface area contributed by atoms with Crippen molar-refractivity contribution in [3.63, 3.8) is 0 Å². The lowest BCUT2D eigenvalue weighted by molar-refractivity contribution is 0.310. The number of ether oxygens (including phenoxy) is 2. The predicted octanol–water partition coefficient (Wildman–Crippen LogP) is 3.48. The summed E-state index contributed by atoms with van der Waals surface area (Å²) in [6.07, 6.45) is 2.50. The lowest BCUT2D eigenvalue weighted by Gasteiger charge is -2.11. The standard InChI is InChI=1S/C22H26N4O3/c1-23-22(24-13-6-14-28-20-11-9-19(27-2)10-12-20)25-15-18-16-29-21(26-18)17-7-4-3-5-8-17/h3-5,7-12,16H,6,13-15H2,1-2H3,(H2,23,24,25). The molecule has 0 bridgehead atoms. The van der Waals surface area contributed by atoms with E-state index in [4.69, 9.17) is 13.9 Å². The van der Waals surface area contributed by atoms with Crippen molar-refractivity contribution in [3.8, 4) is 23.0 Å². The monoisotopic (exact) mass is 394 g/mol. The fourth-order valence-electron chi connectivity index (χ4n) is 2.64. The van der Waals surface area contributed by atoms with Gasteiger partial charge in [0, 0.05) is 19.2 Å². The zero-order valence-corrected chi connectivity index (χ0v) is 16.7. The van der Waals surface area contributed by atoms with Crippen LogP contribution in [0.2, 0.25) is 0 Å². The molecule has 29 heavy (non-hydrogen) atoms. The highest BCUT2D eigenvalue weighted by molar-refractivity contribution is 5.79. The van der Waals surface area contributed by atoms with E-state index < -0.39 is 0 Å². The summed E-state index contributed by atoms with van der Waals surface area (Å²) in [4.78, 5) is 8.73. The summed E-state index contributed by atoms with van der Waals surface area (Å²) in [6.45, 7) is 1.88. The van der Waals surface area contributed by atoms with Crippen LogP contribution in [0.25, 0.3) is 11.5 Å². The van der Waals surface area contributed by atoms with Gasteiger partial charge in [-0.1, -0.05) is 18.2 Å². The van der Waals surface area contributed by atoms with Gasteiger partial charge in [0.25, 0.3) is 0 Å². The van der Waals surface area contributed by atoms with Crippen LogP contribution in [-0.2, 0) is 6.54 Å². The van der Waals surface area contributed by atoms with E-state index in [-0.39, 0.29) is 0 Å². The van der Waals surface area contributed by atoms with Crippen molar-refractivity contribution in [1.29, 1.82) is 0 Å². The van der Waals surface area contributed by atoms with Crippen LogP contribution in [0.15, 0.2) is 70.3 Å². The van der Waals surface area contributed by atoms with E-state index in [1.165, 1.54) is 0 Å². The number of aromatic nitrogens is 1. The molecule has 152 valence electrons. The molecule has 3 rings (SSSR count). The highest BCUT2D eigenvalue weighted by Crippen LogP contribution is 2.18. The maximum Gasteiger partial charge on any atom is 0.226 e. The lowest BCUT2D eigenvalue weighted by Crippen LogP contribution is -2.37. The number of aliphatic imine (C=N–C) groups is 1. The molecule has 0 saturated heterocycles. The van der Waals surface area contributed by atoms with E-state index in [1.54, 1.807) is 20.4 Å². The highest BCUT2D eigenvalue weighted by atomic mass is 16.5. The molecule has 1 aromatic heterocycles. The smallest absolute Gasteiger partial charge is 0.226 e. The molecule has 0 aliphatic rings. The Labute approximate surface area is 170 Å². The third-order valence-corrected chi connectivity index (χ3v) is 4.17. The second-order valence-corrected chi connectivity index (χ2v) is 6.24. The van der Waals surface area contributed by atoms with Crippen LogP contribution in [-0.4, -0.2) is 38.3 Å². The molecule has 0 saturated carbocycles. The Morgan fingerprint density at radius 3 is 2.52 bits per heavy atom. The van der Waals surface area contributed by atoms with Crippen molar-refractivity contribution >= 4 is 5.96 Å². The molecule has 0 fully saturated rings. The first-order valence-corrected chi connectivity index (χ1v) is 9.49. The average Bonchev–Trinajstić information content (AvgIpc) is 3.26. The van der Waals surface area contributed by atoms with E-state index in [0.717, 1.165) is 35.7 Å². The third-order valence-electron chi connectivity index (χ3n) is 4.17. The number of methoxy groups -OCH3 is 1. The molecule has 0 atom stereocenters. The highest BCUT2D eigenvalue weighted by Gasteiger charge is 2.07. The molecular weight excluding hydrogens is 368 g/mol. The zero-order valence-electron chi connectivity index (χ0n) is 16.7. The van der Waals surface area contributed by atoms with Gasteiger partial charge in [0.1, 0.15) is 17.8 Å². The third kappa shape index (κ3) is 6.27. The summed E-state index contributed by atoms with van der Waals surface area (Å²) in [7, 11) is 3.38. The van der Waals surface area contributed by atoms with E-state index in [1.807, 2.05) is 54.6 Å². The number of hydrogen-bond donors (Lipinski definition) is 2. The molecule has 7 heteroatoms. The van der Waals surface area contributed by atoms with E-state index >= 15 is 0 Å². The zero-order chi connectivity index (χ0) is 20.3. The van der Waals surface area contributed by atoms with Gasteiger partial charge in [-0.2, -0.15) is 0 Å². The molecule has 0 radical (unpaired) electrons. The minimum Gasteiger partial charge on any atom is -0.497 e. The summed E-state index contributed by atoms with van der Waals surface area (Å²) < 4.78 is 16.4. The number of oxazole rings is 1. The first kappa shape index (κ1) is 20.3. The van der Waals surface area contributed by atoms with E-state index in [2.05, 4.69) is 20.6 Å². The number of nitrogens with one attached hydrogen (secondary N) is 2. The van der Waals surface area contributed by atoms with Gasteiger partial charge in [0.2, 0.25) is 5.89 Å². The van der Waals surface area contributed by atoms with Gasteiger partial charge in [-0.3, -0.25) is 4.99 Å². The van der Waals surface area contributed by atoms with Gasteiger partial charge in [-0.15, -0.1) is 0 Å². The SMILES string of the molecule is CN=C(NCCCOc1ccc(OC)cc1)NCc1coc(-c2ccccc2)n1. The van der Waals surface area contributed by atoms with Crippen LogP contribution in [0.5, 0.6) is 11.5 Å². The quantitative estimate of drug-likeness (QED) is 0.329. The second kappa shape index (κ2) is 10.8. The van der Waals surface area contributed by atoms with Crippen molar-refractivity contribution in [2.45, 2.75) is 13.0 Å². The number of rotatable bonds is 9. The van der Waals surface area contributed by atoms with Gasteiger partial charge in [0.05, 0.1) is 26.0 Å². The molecule has 0 aliphatic heterocycles. The second-order valence-electron chi connectivity index (χ2n) is 6.24. The lowest BCUT2D eigenvalue weighted by atomic mass is 10.2. The molecular formula is C22H26N4O3. The first-order valence-electron chi connectivity index (χ1n) is 9.49. The number of guanidine groups is 1. The van der Waals surface area contributed by atoms with Crippen LogP contribution in [0.1, 0.15) is 12.1 Å². The topological polar surface area (TPSA) is 80.9 Å². The summed E-state index contributed by atoms with van der Waals surface area (Å²) in [6, 6.07) is 17.4. The van der Waals surface area contributed by atoms with Gasteiger partial charge in [-0.05, 0) is 42.8 Å². The van der Waals surface area contributed by atoms with Crippen LogP contribution < -0.4 is 20.1 Å². The molecule has 2 N–H and O–H groups in total. The number of nitrogens with zero attached hydrogens (tertiary/aromatic N) is 2. The number of hydrogen-bond acceptors (Lipinski definition) is 5. The summed E-state index contributed by atoms with van der Waals surface area (Å²) in [5.74, 6) is 2.96. The Morgan fingerprint density at radius 2 is 1.79 bits per heavy atom. The molecule has 0 aliphatic carbocycles. The molecule has 0 amide bonds. The Bertz CT molecular complexity index is 892. The fourth-order valence-corrected chi connectivity index (χ4v) is 2.64. The van der Waals surface area contributed by atoms with Gasteiger partial charge >= 0.3 is 0 Å². The maximum atomic E-state index is 5.72. The van der Waals surface area contributed by atoms with E-state index in [9.17, 15) is 0 Å². The van der Waals surface area contributed by atoms with Gasteiger partial charge in [0.15, 0.2) is 5.96 Å². The normalized spacial score (nSPS) is 11.2. The largest absolute Gasteiger partial charge is 0.497 e. The van der Waals surface area contributed by atoms with Crippen LogP contribution >= 0.6 is 0 Å². The minimum atomic E-state index is 0.526. The molecule has 2 aromatic carbocycles. The van der Waals surface area contributed by atoms with Crippen LogP contribution in [0, 0.1) is 0 Å². The Hall–Kier alpha value is -3.48. The fraction of sp³-hybridized carbons (Fsp3) is 0.273. The van der Waals surface area contributed by atoms with Crippen LogP contribution in [0.3, 0.4) is 0 Å². The van der Waals surface area contributed by atoms with Gasteiger partial charge in [-0.25, -0.2) is 4.98 Å². The van der Waals surface area contributed by atoms with Crippen molar-refractivity contribution in [3.05, 3.63) is 66.6 Å². The van der Waals surface area contributed by atoms with Crippen molar-refractivity contribution in [2.75, 3.05) is 27.3 Å². The molecule has 1 heterocycles. The van der Waals surface area contributed by atoms with E-state index in [0.29, 0.717) is 25.0 Å². The van der Waals surface area contributed by atoms with Crippen molar-refractivity contribution < 1.29 is 13.9 Å². The molecule has 3 aromatic rings. The van der Waals surface area contributed by atoms with Crippen molar-refractivity contribution in [1.82, 2.24) is 15.6 Å². The average molecular weight is 394 g/mol. The summed E-state index contributed by atoms with van der Waals surface area (Å²) in [5.41, 5.74) is 1.77. The number of benzene rings is 2. The van der Waals surface area contributed by atoms with Crippen LogP contribution in [0.4, 0.5) is 0 Å². The van der Waals surface area contributed by atoms with Crippen molar-refractivity contribution in [2.24, 2.45) is 4.99 Å².